The van der Waals surface area contributed by atoms with Crippen LogP contribution in [0.3, 0.4) is 0 Å². The molecule has 0 bridgehead atoms. The van der Waals surface area contributed by atoms with E-state index >= 15 is 0 Å². The lowest BCUT2D eigenvalue weighted by Gasteiger charge is -2.30. The van der Waals surface area contributed by atoms with Gasteiger partial charge in [-0.25, -0.2) is 4.79 Å². The van der Waals surface area contributed by atoms with Gasteiger partial charge in [0.25, 0.3) is 0 Å². The zero-order valence-corrected chi connectivity index (χ0v) is 17.7. The zero-order valence-electron chi connectivity index (χ0n) is 15.3. The number of carbonyl (C=O) groups excluding carboxylic acids is 3. The third-order valence-corrected chi connectivity index (χ3v) is 6.32. The third kappa shape index (κ3) is 4.23. The van der Waals surface area contributed by atoms with E-state index in [0.29, 0.717) is 30.2 Å². The van der Waals surface area contributed by atoms with Gasteiger partial charge in [-0.15, -0.1) is 0 Å². The Bertz CT molecular complexity index is 833. The number of imide groups is 1. The van der Waals surface area contributed by atoms with Gasteiger partial charge in [0.1, 0.15) is 10.9 Å². The molecule has 1 aromatic rings. The second-order valence-corrected chi connectivity index (χ2v) is 8.66. The number of thioether (sulfide) groups is 1. The standard InChI is InChI=1S/C19H20BrNO5S/c1-11-5-4-10-21(11,19(25)26)18(24)17(27-13(3)22)12(2)16(23)14-6-8-15(20)9-7-14/h6-9,11H,4-5,10H2,1-3H3/p+1/t11-,21?/m1/s1. The molecule has 2 rings (SSSR count). The summed E-state index contributed by atoms with van der Waals surface area (Å²) in [6.45, 7) is 4.61. The molecule has 1 saturated heterocycles. The number of allylic oxidation sites excluding steroid dienone is 1. The molecule has 1 aromatic carbocycles. The Kier molecular flexibility index (Phi) is 6.77. The molecule has 0 spiro atoms. The molecular weight excluding hydrogens is 434 g/mol. The number of ketones is 1. The van der Waals surface area contributed by atoms with Crippen molar-refractivity contribution in [3.63, 3.8) is 0 Å². The molecule has 0 aromatic heterocycles. The predicted molar refractivity (Wildman–Crippen MR) is 106 cm³/mol. The summed E-state index contributed by atoms with van der Waals surface area (Å²) < 4.78 is 0.0250. The number of halogens is 1. The van der Waals surface area contributed by atoms with Crippen LogP contribution >= 0.6 is 27.7 Å². The first kappa shape index (κ1) is 21.5. The van der Waals surface area contributed by atoms with E-state index in [4.69, 9.17) is 0 Å². The summed E-state index contributed by atoms with van der Waals surface area (Å²) >= 11 is 3.93. The van der Waals surface area contributed by atoms with Crippen molar-refractivity contribution in [2.75, 3.05) is 6.54 Å². The van der Waals surface area contributed by atoms with Crippen molar-refractivity contribution in [2.45, 2.75) is 39.7 Å². The second-order valence-electron chi connectivity index (χ2n) is 6.56. The van der Waals surface area contributed by atoms with Crippen LogP contribution in [0, 0.1) is 0 Å². The number of carboxylic acid groups (broad SMARTS) is 1. The van der Waals surface area contributed by atoms with E-state index in [0.717, 1.165) is 4.47 Å². The Morgan fingerprint density at radius 2 is 1.74 bits per heavy atom. The molecule has 1 fully saturated rings. The number of carbonyl (C=O) groups is 4. The van der Waals surface area contributed by atoms with Gasteiger partial charge in [0.05, 0.1) is 6.54 Å². The first-order valence-corrected chi connectivity index (χ1v) is 10.1. The third-order valence-electron chi connectivity index (χ3n) is 4.82. The van der Waals surface area contributed by atoms with Crippen LogP contribution in [-0.2, 0) is 9.59 Å². The highest BCUT2D eigenvalue weighted by Gasteiger charge is 2.54. The Morgan fingerprint density at radius 3 is 2.19 bits per heavy atom. The minimum Gasteiger partial charge on any atom is -0.435 e. The highest BCUT2D eigenvalue weighted by atomic mass is 79.9. The van der Waals surface area contributed by atoms with Crippen LogP contribution in [0.4, 0.5) is 4.79 Å². The van der Waals surface area contributed by atoms with Gasteiger partial charge < -0.3 is 5.11 Å². The van der Waals surface area contributed by atoms with Gasteiger partial charge in [-0.3, -0.25) is 9.59 Å². The van der Waals surface area contributed by atoms with Crippen molar-refractivity contribution in [3.8, 4) is 0 Å². The summed E-state index contributed by atoms with van der Waals surface area (Å²) in [6, 6.07) is 6.20. The van der Waals surface area contributed by atoms with E-state index in [9.17, 15) is 24.3 Å². The maximum atomic E-state index is 13.3. The van der Waals surface area contributed by atoms with Crippen LogP contribution in [0.2, 0.25) is 0 Å². The van der Waals surface area contributed by atoms with E-state index in [-0.39, 0.29) is 22.1 Å². The average molecular weight is 455 g/mol. The minimum absolute atomic E-state index is 0.0837. The van der Waals surface area contributed by atoms with Gasteiger partial charge in [0.15, 0.2) is 10.9 Å². The quantitative estimate of drug-likeness (QED) is 0.412. The number of nitrogens with zero attached hydrogens (tertiary/aromatic N) is 1. The van der Waals surface area contributed by atoms with Gasteiger partial charge in [0, 0.05) is 35.4 Å². The Morgan fingerprint density at radius 1 is 1.15 bits per heavy atom. The molecule has 1 heterocycles. The second kappa shape index (κ2) is 8.50. The molecule has 8 heteroatoms. The van der Waals surface area contributed by atoms with Crippen LogP contribution in [-0.4, -0.2) is 45.1 Å². The van der Waals surface area contributed by atoms with E-state index in [1.54, 1.807) is 31.2 Å². The number of hydrogen-bond donors (Lipinski definition) is 1. The predicted octanol–water partition coefficient (Wildman–Crippen LogP) is 4.39. The van der Waals surface area contributed by atoms with Gasteiger partial charge in [0.2, 0.25) is 0 Å². The number of quaternary nitrogens is 1. The highest BCUT2D eigenvalue weighted by molar-refractivity contribution is 9.10. The molecule has 1 unspecified atom stereocenters. The van der Waals surface area contributed by atoms with Crippen LogP contribution < -0.4 is 0 Å². The lowest BCUT2D eigenvalue weighted by molar-refractivity contribution is -0.789. The Balaban J connectivity index is 2.55. The molecule has 6 nitrogen and oxygen atoms in total. The van der Waals surface area contributed by atoms with Gasteiger partial charge >= 0.3 is 12.0 Å². The lowest BCUT2D eigenvalue weighted by atomic mass is 10.0. The van der Waals surface area contributed by atoms with Crippen LogP contribution in [0.1, 0.15) is 44.0 Å². The van der Waals surface area contributed by atoms with Crippen molar-refractivity contribution in [3.05, 3.63) is 44.8 Å². The fourth-order valence-electron chi connectivity index (χ4n) is 3.28. The lowest BCUT2D eigenvalue weighted by Crippen LogP contribution is -2.59. The number of rotatable bonds is 4. The summed E-state index contributed by atoms with van der Waals surface area (Å²) in [6.07, 6.45) is -0.0669. The average Bonchev–Trinajstić information content (AvgIpc) is 3.01. The van der Waals surface area contributed by atoms with E-state index in [2.05, 4.69) is 15.9 Å². The Labute approximate surface area is 170 Å². The molecule has 0 aliphatic carbocycles. The molecule has 1 N–H and O–H groups in total. The van der Waals surface area contributed by atoms with Crippen LogP contribution in [0.25, 0.3) is 0 Å². The van der Waals surface area contributed by atoms with E-state index in [1.807, 2.05) is 0 Å². The largest absolute Gasteiger partial charge is 0.521 e. The number of likely N-dealkylation sites (tertiary alicyclic amines) is 1. The zero-order chi connectivity index (χ0) is 20.4. The van der Waals surface area contributed by atoms with E-state index < -0.39 is 28.3 Å². The van der Waals surface area contributed by atoms with Gasteiger partial charge in [-0.2, -0.15) is 9.28 Å². The molecule has 0 saturated carbocycles. The summed E-state index contributed by atoms with van der Waals surface area (Å²) in [5.74, 6) is -1.11. The first-order valence-electron chi connectivity index (χ1n) is 8.47. The van der Waals surface area contributed by atoms with Crippen molar-refractivity contribution in [2.24, 2.45) is 0 Å². The summed E-state index contributed by atoms with van der Waals surface area (Å²) in [4.78, 5) is 49.8. The Hall–Kier alpha value is -1.77. The SMILES string of the molecule is CC(=O)SC(C(=O)[N+]1(C(=O)O)CCC[C@H]1C)=C(C)C(=O)c1ccc(Br)cc1. The molecule has 27 heavy (non-hydrogen) atoms. The molecule has 144 valence electrons. The number of amides is 2. The monoisotopic (exact) mass is 454 g/mol. The van der Waals surface area contributed by atoms with Crippen molar-refractivity contribution >= 4 is 50.6 Å². The first-order chi connectivity index (χ1) is 12.6. The fraction of sp³-hybridized carbons (Fsp3) is 0.368. The molecule has 0 radical (unpaired) electrons. The molecule has 2 amide bonds. The number of hydrogen-bond acceptors (Lipinski definition) is 5. The minimum atomic E-state index is -1.25. The smallest absolute Gasteiger partial charge is 0.435 e. The van der Waals surface area contributed by atoms with Crippen LogP contribution in [0.5, 0.6) is 0 Å². The fourth-order valence-corrected chi connectivity index (χ4v) is 4.32. The summed E-state index contributed by atoms with van der Waals surface area (Å²) in [5.41, 5.74) is 0.446. The van der Waals surface area contributed by atoms with Crippen molar-refractivity contribution in [1.29, 1.82) is 0 Å². The van der Waals surface area contributed by atoms with Crippen molar-refractivity contribution < 1.29 is 28.8 Å². The maximum Gasteiger partial charge on any atom is 0.521 e. The summed E-state index contributed by atoms with van der Waals surface area (Å²) in [5, 5.41) is 9.42. The number of benzene rings is 1. The normalized spacial score (nSPS) is 22.9. The molecule has 1 aliphatic heterocycles. The van der Waals surface area contributed by atoms with Crippen LogP contribution in [0.15, 0.2) is 39.2 Å². The maximum absolute atomic E-state index is 13.3. The molecular formula is C19H21BrNO5S+. The van der Waals surface area contributed by atoms with E-state index in [1.165, 1.54) is 13.8 Å². The van der Waals surface area contributed by atoms with Gasteiger partial charge in [-0.1, -0.05) is 15.9 Å². The summed E-state index contributed by atoms with van der Waals surface area (Å²) in [7, 11) is 0. The highest BCUT2D eigenvalue weighted by Crippen LogP contribution is 2.35. The van der Waals surface area contributed by atoms with Crippen molar-refractivity contribution in [1.82, 2.24) is 0 Å². The van der Waals surface area contributed by atoms with Gasteiger partial charge in [-0.05, 0) is 49.9 Å². The molecule has 2 atom stereocenters. The number of Topliss-reactive ketones (excluding diaryl/α,β-unsaturated/α-hetero) is 1. The molecule has 1 aliphatic rings. The topological polar surface area (TPSA) is 88.5 Å².